The van der Waals surface area contributed by atoms with Gasteiger partial charge in [0.15, 0.2) is 0 Å². The van der Waals surface area contributed by atoms with Crippen LogP contribution in [0.2, 0.25) is 0 Å². The van der Waals surface area contributed by atoms with Gasteiger partial charge in [-0.3, -0.25) is 0 Å². The first-order chi connectivity index (χ1) is 6.95. The third-order valence-corrected chi connectivity index (χ3v) is 3.10. The summed E-state index contributed by atoms with van der Waals surface area (Å²) in [5.41, 5.74) is 0. The van der Waals surface area contributed by atoms with Gasteiger partial charge >= 0.3 is 0 Å². The van der Waals surface area contributed by atoms with Gasteiger partial charge in [-0.25, -0.2) is 0 Å². The molecule has 3 heteroatoms. The highest BCUT2D eigenvalue weighted by atomic mass is 16.5. The molecular weight excluding hydrogens is 178 g/mol. The lowest BCUT2D eigenvalue weighted by Crippen LogP contribution is -2.36. The van der Waals surface area contributed by atoms with Crippen LogP contribution >= 0.6 is 0 Å². The van der Waals surface area contributed by atoms with Crippen molar-refractivity contribution in [3.8, 4) is 0 Å². The summed E-state index contributed by atoms with van der Waals surface area (Å²) in [5, 5.41) is 3.53. The third kappa shape index (κ3) is 3.23. The summed E-state index contributed by atoms with van der Waals surface area (Å²) in [6.07, 6.45) is 6.74. The third-order valence-electron chi connectivity index (χ3n) is 3.10. The van der Waals surface area contributed by atoms with Gasteiger partial charge in [-0.15, -0.1) is 0 Å². The highest BCUT2D eigenvalue weighted by Crippen LogP contribution is 2.17. The van der Waals surface area contributed by atoms with E-state index in [2.05, 4.69) is 5.32 Å². The molecule has 82 valence electrons. The largest absolute Gasteiger partial charge is 0.379 e. The maximum Gasteiger partial charge on any atom is 0.0830 e. The van der Waals surface area contributed by atoms with Gasteiger partial charge in [-0.2, -0.15) is 0 Å². The first-order valence-corrected chi connectivity index (χ1v) is 5.88. The zero-order chi connectivity index (χ0) is 9.64. The molecule has 1 saturated carbocycles. The van der Waals surface area contributed by atoms with Crippen molar-refractivity contribution in [2.24, 2.45) is 0 Å². The van der Waals surface area contributed by atoms with Crippen LogP contribution in [0.3, 0.4) is 0 Å². The number of hydrogen-bond donors (Lipinski definition) is 1. The van der Waals surface area contributed by atoms with Crippen molar-refractivity contribution in [2.45, 2.75) is 44.2 Å². The van der Waals surface area contributed by atoms with Crippen molar-refractivity contribution in [1.29, 1.82) is 0 Å². The maximum absolute atomic E-state index is 5.67. The summed E-state index contributed by atoms with van der Waals surface area (Å²) in [7, 11) is 0. The zero-order valence-corrected chi connectivity index (χ0v) is 8.84. The molecule has 1 heterocycles. The molecule has 1 unspecified atom stereocenters. The Morgan fingerprint density at radius 1 is 1.29 bits per heavy atom. The normalized spacial score (nSPS) is 27.9. The monoisotopic (exact) mass is 199 g/mol. The van der Waals surface area contributed by atoms with Crippen LogP contribution in [0.1, 0.15) is 32.1 Å². The second-order valence-electron chi connectivity index (χ2n) is 4.29. The number of hydrogen-bond acceptors (Lipinski definition) is 3. The van der Waals surface area contributed by atoms with Crippen molar-refractivity contribution in [2.75, 3.05) is 26.4 Å². The van der Waals surface area contributed by atoms with Crippen LogP contribution in [0.15, 0.2) is 0 Å². The van der Waals surface area contributed by atoms with Crippen molar-refractivity contribution in [1.82, 2.24) is 5.32 Å². The van der Waals surface area contributed by atoms with Gasteiger partial charge in [0.25, 0.3) is 0 Å². The van der Waals surface area contributed by atoms with E-state index in [4.69, 9.17) is 9.47 Å². The van der Waals surface area contributed by atoms with Gasteiger partial charge in [-0.05, 0) is 32.2 Å². The van der Waals surface area contributed by atoms with E-state index in [9.17, 15) is 0 Å². The molecule has 0 aromatic rings. The fourth-order valence-corrected chi connectivity index (χ4v) is 1.89. The van der Waals surface area contributed by atoms with E-state index >= 15 is 0 Å². The molecular formula is C11H21NO2. The maximum atomic E-state index is 5.67. The van der Waals surface area contributed by atoms with Gasteiger partial charge in [0, 0.05) is 19.3 Å². The fraction of sp³-hybridized carbons (Fsp3) is 1.00. The van der Waals surface area contributed by atoms with E-state index in [0.717, 1.165) is 45.2 Å². The highest BCUT2D eigenvalue weighted by Gasteiger charge is 2.17. The molecule has 2 aliphatic rings. The molecule has 1 N–H and O–H groups in total. The summed E-state index contributed by atoms with van der Waals surface area (Å²) in [6.45, 7) is 3.67. The Morgan fingerprint density at radius 2 is 2.21 bits per heavy atom. The number of rotatable bonds is 6. The topological polar surface area (TPSA) is 30.5 Å². The lowest BCUT2D eigenvalue weighted by Gasteiger charge is -2.26. The van der Waals surface area contributed by atoms with Crippen LogP contribution in [0.5, 0.6) is 0 Å². The molecule has 1 aliphatic heterocycles. The van der Waals surface area contributed by atoms with Crippen LogP contribution in [0, 0.1) is 0 Å². The quantitative estimate of drug-likeness (QED) is 0.655. The summed E-state index contributed by atoms with van der Waals surface area (Å²) < 4.78 is 10.9. The Morgan fingerprint density at radius 3 is 2.86 bits per heavy atom. The first kappa shape index (κ1) is 10.4. The fourth-order valence-electron chi connectivity index (χ4n) is 1.89. The summed E-state index contributed by atoms with van der Waals surface area (Å²) >= 11 is 0. The zero-order valence-electron chi connectivity index (χ0n) is 8.84. The average Bonchev–Trinajstić information content (AvgIpc) is 2.60. The smallest absolute Gasteiger partial charge is 0.0830 e. The van der Waals surface area contributed by atoms with E-state index in [1.165, 1.54) is 19.3 Å². The summed E-state index contributed by atoms with van der Waals surface area (Å²) in [4.78, 5) is 0. The van der Waals surface area contributed by atoms with Gasteiger partial charge in [0.1, 0.15) is 0 Å². The first-order valence-electron chi connectivity index (χ1n) is 5.88. The van der Waals surface area contributed by atoms with Crippen LogP contribution < -0.4 is 5.32 Å². The predicted molar refractivity (Wildman–Crippen MR) is 55.4 cm³/mol. The Labute approximate surface area is 86.2 Å². The second-order valence-corrected chi connectivity index (χ2v) is 4.29. The van der Waals surface area contributed by atoms with Crippen LogP contribution in [0.4, 0.5) is 0 Å². The molecule has 0 amide bonds. The standard InChI is InChI=1S/C11H21NO2/c1-3-10(4-1)12-6-2-7-14-11-5-8-13-9-11/h10-12H,1-9H2. The lowest BCUT2D eigenvalue weighted by atomic mass is 9.93. The molecule has 2 rings (SSSR count). The summed E-state index contributed by atoms with van der Waals surface area (Å²) in [5.74, 6) is 0. The Hall–Kier alpha value is -0.120. The molecule has 0 spiro atoms. The van der Waals surface area contributed by atoms with Crippen molar-refractivity contribution >= 4 is 0 Å². The predicted octanol–water partition coefficient (Wildman–Crippen LogP) is 1.32. The minimum atomic E-state index is 0.374. The van der Waals surface area contributed by atoms with Crippen molar-refractivity contribution in [3.05, 3.63) is 0 Å². The second kappa shape index (κ2) is 5.69. The van der Waals surface area contributed by atoms with E-state index in [1.54, 1.807) is 0 Å². The Bertz CT molecular complexity index is 153. The number of nitrogens with one attached hydrogen (secondary N) is 1. The molecule has 3 nitrogen and oxygen atoms in total. The van der Waals surface area contributed by atoms with E-state index in [0.29, 0.717) is 6.10 Å². The van der Waals surface area contributed by atoms with Crippen molar-refractivity contribution in [3.63, 3.8) is 0 Å². The van der Waals surface area contributed by atoms with Gasteiger partial charge in [0.05, 0.1) is 12.7 Å². The van der Waals surface area contributed by atoms with Crippen LogP contribution in [-0.2, 0) is 9.47 Å². The molecule has 1 saturated heterocycles. The van der Waals surface area contributed by atoms with Gasteiger partial charge in [0.2, 0.25) is 0 Å². The molecule has 0 bridgehead atoms. The molecule has 2 fully saturated rings. The Balaban J connectivity index is 1.39. The minimum absolute atomic E-state index is 0.374. The molecule has 0 radical (unpaired) electrons. The minimum Gasteiger partial charge on any atom is -0.379 e. The highest BCUT2D eigenvalue weighted by molar-refractivity contribution is 4.75. The molecule has 0 aromatic heterocycles. The molecule has 0 aromatic carbocycles. The molecule has 14 heavy (non-hydrogen) atoms. The number of ether oxygens (including phenoxy) is 2. The summed E-state index contributed by atoms with van der Waals surface area (Å²) in [6, 6.07) is 0.810. The van der Waals surface area contributed by atoms with E-state index < -0.39 is 0 Å². The molecule has 1 aliphatic carbocycles. The van der Waals surface area contributed by atoms with E-state index in [-0.39, 0.29) is 0 Å². The van der Waals surface area contributed by atoms with E-state index in [1.807, 2.05) is 0 Å². The van der Waals surface area contributed by atoms with Gasteiger partial charge < -0.3 is 14.8 Å². The van der Waals surface area contributed by atoms with Gasteiger partial charge in [-0.1, -0.05) is 6.42 Å². The van der Waals surface area contributed by atoms with Crippen molar-refractivity contribution < 1.29 is 9.47 Å². The average molecular weight is 199 g/mol. The lowest BCUT2D eigenvalue weighted by molar-refractivity contribution is 0.0411. The van der Waals surface area contributed by atoms with Crippen LogP contribution in [-0.4, -0.2) is 38.5 Å². The SMILES string of the molecule is C(CNC1CCC1)COC1CCOC1. The van der Waals surface area contributed by atoms with Crippen LogP contribution in [0.25, 0.3) is 0 Å². The molecule has 1 atom stereocenters. The Kier molecular flexibility index (Phi) is 4.22.